The van der Waals surface area contributed by atoms with Crippen molar-refractivity contribution in [3.8, 4) is 5.75 Å². The van der Waals surface area contributed by atoms with E-state index in [9.17, 15) is 14.5 Å². The van der Waals surface area contributed by atoms with Gasteiger partial charge in [0.25, 0.3) is 5.69 Å². The van der Waals surface area contributed by atoms with Crippen LogP contribution in [0.2, 0.25) is 0 Å². The molecule has 3 aromatic rings. The van der Waals surface area contributed by atoms with E-state index >= 15 is 0 Å². The first kappa shape index (κ1) is 18.0. The normalized spacial score (nSPS) is 10.4. The number of halogens is 1. The third-order valence-corrected chi connectivity index (χ3v) is 3.57. The van der Waals surface area contributed by atoms with Gasteiger partial charge in [0.2, 0.25) is 11.9 Å². The van der Waals surface area contributed by atoms with Crippen molar-refractivity contribution in [1.29, 1.82) is 0 Å². The maximum atomic E-state index is 13.9. The maximum Gasteiger partial charge on any atom is 0.272 e. The van der Waals surface area contributed by atoms with Crippen molar-refractivity contribution in [3.63, 3.8) is 0 Å². The second-order valence-corrected chi connectivity index (χ2v) is 5.53. The van der Waals surface area contributed by atoms with Gasteiger partial charge >= 0.3 is 0 Å². The van der Waals surface area contributed by atoms with Crippen molar-refractivity contribution in [2.45, 2.75) is 13.5 Å². The number of non-ortho nitro benzene ring substituents is 1. The number of anilines is 3. The van der Waals surface area contributed by atoms with Gasteiger partial charge in [0.1, 0.15) is 6.61 Å². The molecule has 0 atom stereocenters. The summed E-state index contributed by atoms with van der Waals surface area (Å²) >= 11 is 0. The Morgan fingerprint density at radius 1 is 1.22 bits per heavy atom. The summed E-state index contributed by atoms with van der Waals surface area (Å²) in [5.74, 6) is -0.641. The first-order chi connectivity index (χ1) is 12.9. The molecule has 0 fully saturated rings. The van der Waals surface area contributed by atoms with Crippen molar-refractivity contribution in [2.75, 3.05) is 11.1 Å². The van der Waals surface area contributed by atoms with Crippen LogP contribution in [-0.4, -0.2) is 19.9 Å². The van der Waals surface area contributed by atoms with Crippen molar-refractivity contribution in [1.82, 2.24) is 15.0 Å². The zero-order chi connectivity index (χ0) is 19.4. The number of nitro groups is 1. The molecule has 0 bridgehead atoms. The molecule has 27 heavy (non-hydrogen) atoms. The van der Waals surface area contributed by atoms with Gasteiger partial charge in [-0.25, -0.2) is 4.39 Å². The molecule has 0 amide bonds. The maximum absolute atomic E-state index is 13.9. The third-order valence-electron chi connectivity index (χ3n) is 3.57. The van der Waals surface area contributed by atoms with Crippen LogP contribution in [-0.2, 0) is 6.61 Å². The fraction of sp³-hybridized carbons (Fsp3) is 0.118. The van der Waals surface area contributed by atoms with Gasteiger partial charge in [0.05, 0.1) is 11.0 Å². The number of hydrogen-bond acceptors (Lipinski definition) is 8. The molecule has 1 heterocycles. The van der Waals surface area contributed by atoms with E-state index in [-0.39, 0.29) is 35.8 Å². The number of aromatic nitrogens is 3. The predicted octanol–water partition coefficient (Wildman–Crippen LogP) is 3.13. The standard InChI is InChI=1S/C17H15FN6O3/c1-10-4-2-3-5-13(10)20-17-22-15(21-16(19)23-17)9-27-14-7-6-11(24(25)26)8-12(14)18/h2-8H,9H2,1H3,(H3,19,20,21,22,23). The molecule has 0 spiro atoms. The minimum Gasteiger partial charge on any atom is -0.483 e. The highest BCUT2D eigenvalue weighted by Crippen LogP contribution is 2.23. The van der Waals surface area contributed by atoms with Crippen LogP contribution in [0.15, 0.2) is 42.5 Å². The molecule has 1 aromatic heterocycles. The summed E-state index contributed by atoms with van der Waals surface area (Å²) in [4.78, 5) is 22.1. The number of nitrogens with one attached hydrogen (secondary N) is 1. The van der Waals surface area contributed by atoms with Gasteiger partial charge in [0, 0.05) is 11.8 Å². The first-order valence-corrected chi connectivity index (χ1v) is 7.82. The number of nitrogens with zero attached hydrogens (tertiary/aromatic N) is 4. The summed E-state index contributed by atoms with van der Waals surface area (Å²) in [5, 5.41) is 13.7. The van der Waals surface area contributed by atoms with Gasteiger partial charge in [0.15, 0.2) is 17.4 Å². The molecule has 0 aliphatic rings. The number of nitrogen functional groups attached to an aromatic ring is 1. The summed E-state index contributed by atoms with van der Waals surface area (Å²) in [6.07, 6.45) is 0. The predicted molar refractivity (Wildman–Crippen MR) is 96.1 cm³/mol. The molecule has 0 saturated carbocycles. The minimum atomic E-state index is -0.857. The van der Waals surface area contributed by atoms with E-state index in [0.29, 0.717) is 0 Å². The molecule has 9 nitrogen and oxygen atoms in total. The molecular weight excluding hydrogens is 355 g/mol. The highest BCUT2D eigenvalue weighted by molar-refractivity contribution is 5.58. The van der Waals surface area contributed by atoms with E-state index in [1.54, 1.807) is 0 Å². The van der Waals surface area contributed by atoms with Crippen LogP contribution in [0.1, 0.15) is 11.4 Å². The Morgan fingerprint density at radius 3 is 2.70 bits per heavy atom. The largest absolute Gasteiger partial charge is 0.483 e. The lowest BCUT2D eigenvalue weighted by molar-refractivity contribution is -0.385. The molecule has 0 radical (unpaired) electrons. The van der Waals surface area contributed by atoms with E-state index in [1.165, 1.54) is 6.07 Å². The Labute approximate surface area is 153 Å². The average Bonchev–Trinajstić information content (AvgIpc) is 2.62. The molecule has 3 rings (SSSR count). The van der Waals surface area contributed by atoms with E-state index in [2.05, 4.69) is 20.3 Å². The lowest BCUT2D eigenvalue weighted by atomic mass is 10.2. The Bertz CT molecular complexity index is 998. The fourth-order valence-corrected chi connectivity index (χ4v) is 2.25. The van der Waals surface area contributed by atoms with Crippen LogP contribution in [0.4, 0.5) is 27.7 Å². The summed E-state index contributed by atoms with van der Waals surface area (Å²) < 4.78 is 19.2. The number of hydrogen-bond donors (Lipinski definition) is 2. The first-order valence-electron chi connectivity index (χ1n) is 7.82. The molecule has 2 aromatic carbocycles. The van der Waals surface area contributed by atoms with Crippen LogP contribution >= 0.6 is 0 Å². The second-order valence-electron chi connectivity index (χ2n) is 5.53. The van der Waals surface area contributed by atoms with E-state index in [4.69, 9.17) is 10.5 Å². The third kappa shape index (κ3) is 4.42. The molecule has 10 heteroatoms. The quantitative estimate of drug-likeness (QED) is 0.500. The van der Waals surface area contributed by atoms with E-state index < -0.39 is 10.7 Å². The molecule has 0 aliphatic carbocycles. The summed E-state index contributed by atoms with van der Waals surface area (Å²) in [7, 11) is 0. The second kappa shape index (κ2) is 7.60. The van der Waals surface area contributed by atoms with Crippen molar-refractivity contribution in [2.24, 2.45) is 0 Å². The molecule has 3 N–H and O–H groups in total. The van der Waals surface area contributed by atoms with Crippen LogP contribution in [0.5, 0.6) is 5.75 Å². The van der Waals surface area contributed by atoms with Crippen molar-refractivity contribution < 1.29 is 14.1 Å². The number of rotatable bonds is 6. The Hall–Kier alpha value is -3.82. The highest BCUT2D eigenvalue weighted by atomic mass is 19.1. The number of nitro benzene ring substituents is 1. The summed E-state index contributed by atoms with van der Waals surface area (Å²) in [5.41, 5.74) is 7.12. The van der Waals surface area contributed by atoms with Gasteiger partial charge in [-0.1, -0.05) is 18.2 Å². The van der Waals surface area contributed by atoms with Crippen LogP contribution in [0, 0.1) is 22.9 Å². The van der Waals surface area contributed by atoms with Gasteiger partial charge < -0.3 is 15.8 Å². The van der Waals surface area contributed by atoms with Crippen LogP contribution in [0.3, 0.4) is 0 Å². The van der Waals surface area contributed by atoms with E-state index in [0.717, 1.165) is 23.4 Å². The molecule has 0 saturated heterocycles. The van der Waals surface area contributed by atoms with Crippen molar-refractivity contribution >= 4 is 23.3 Å². The van der Waals surface area contributed by atoms with Gasteiger partial charge in [-0.05, 0) is 24.6 Å². The van der Waals surface area contributed by atoms with Crippen LogP contribution < -0.4 is 15.8 Å². The Kier molecular flexibility index (Phi) is 5.06. The average molecular weight is 370 g/mol. The minimum absolute atomic E-state index is 0.0242. The smallest absolute Gasteiger partial charge is 0.272 e. The van der Waals surface area contributed by atoms with Crippen LogP contribution in [0.25, 0.3) is 0 Å². The highest BCUT2D eigenvalue weighted by Gasteiger charge is 2.13. The lowest BCUT2D eigenvalue weighted by Gasteiger charge is -2.10. The number of aryl methyl sites for hydroxylation is 1. The van der Waals surface area contributed by atoms with E-state index in [1.807, 2.05) is 31.2 Å². The molecule has 138 valence electrons. The van der Waals surface area contributed by atoms with Crippen molar-refractivity contribution in [3.05, 3.63) is 69.8 Å². The summed E-state index contributed by atoms with van der Waals surface area (Å²) in [6, 6.07) is 10.6. The number of nitrogens with two attached hydrogens (primary N) is 1. The Morgan fingerprint density at radius 2 is 2.00 bits per heavy atom. The van der Waals surface area contributed by atoms with Gasteiger partial charge in [-0.2, -0.15) is 15.0 Å². The summed E-state index contributed by atoms with van der Waals surface area (Å²) in [6.45, 7) is 1.73. The number of benzene rings is 2. The fourth-order valence-electron chi connectivity index (χ4n) is 2.25. The molecular formula is C17H15FN6O3. The molecule has 0 unspecified atom stereocenters. The number of ether oxygens (including phenoxy) is 1. The molecule has 0 aliphatic heterocycles. The topological polar surface area (TPSA) is 129 Å². The van der Waals surface area contributed by atoms with Gasteiger partial charge in [-0.15, -0.1) is 0 Å². The SMILES string of the molecule is Cc1ccccc1Nc1nc(N)nc(COc2ccc([N+](=O)[O-])cc2F)n1. The lowest BCUT2D eigenvalue weighted by Crippen LogP contribution is -2.10. The van der Waals surface area contributed by atoms with Gasteiger partial charge in [-0.3, -0.25) is 10.1 Å². The monoisotopic (exact) mass is 370 g/mol. The zero-order valence-corrected chi connectivity index (χ0v) is 14.2. The Balaban J connectivity index is 1.75. The number of para-hydroxylation sites is 1. The zero-order valence-electron chi connectivity index (χ0n) is 14.2.